The Bertz CT molecular complexity index is 1400. The normalized spacial score (nSPS) is 18.9. The van der Waals surface area contributed by atoms with Gasteiger partial charge in [0.25, 0.3) is 17.7 Å². The summed E-state index contributed by atoms with van der Waals surface area (Å²) in [5.41, 5.74) is 3.55. The van der Waals surface area contributed by atoms with Crippen molar-refractivity contribution in [2.75, 3.05) is 48.0 Å². The SMILES string of the molecule is CC(=O)OC(C(=O)Nc1ccc2[nH]c(C)cc2c1)C1OCCN(c2cccc(N3CCOCC3=O)c2)C1=O. The van der Waals surface area contributed by atoms with E-state index in [2.05, 4.69) is 10.3 Å². The molecular formula is C27H28N4O7. The third-order valence-electron chi connectivity index (χ3n) is 6.41. The highest BCUT2D eigenvalue weighted by atomic mass is 16.6. The van der Waals surface area contributed by atoms with Crippen molar-refractivity contribution in [3.05, 3.63) is 54.2 Å². The number of aromatic nitrogens is 1. The quantitative estimate of drug-likeness (QED) is 0.476. The first kappa shape index (κ1) is 25.4. The number of aromatic amines is 1. The number of esters is 1. The number of benzene rings is 2. The van der Waals surface area contributed by atoms with Gasteiger partial charge in [-0.05, 0) is 49.4 Å². The fourth-order valence-corrected chi connectivity index (χ4v) is 4.70. The van der Waals surface area contributed by atoms with Crippen molar-refractivity contribution in [2.24, 2.45) is 0 Å². The molecule has 0 saturated carbocycles. The molecule has 0 aliphatic carbocycles. The van der Waals surface area contributed by atoms with Gasteiger partial charge in [-0.15, -0.1) is 0 Å². The van der Waals surface area contributed by atoms with E-state index in [0.717, 1.165) is 16.6 Å². The van der Waals surface area contributed by atoms with Gasteiger partial charge in [0, 0.05) is 53.7 Å². The first-order valence-corrected chi connectivity index (χ1v) is 12.3. The van der Waals surface area contributed by atoms with Crippen LogP contribution in [0.3, 0.4) is 0 Å². The Hall–Kier alpha value is -4.22. The van der Waals surface area contributed by atoms with Crippen LogP contribution in [0.15, 0.2) is 48.5 Å². The first-order chi connectivity index (χ1) is 18.3. The lowest BCUT2D eigenvalue weighted by Crippen LogP contribution is -2.56. The van der Waals surface area contributed by atoms with E-state index < -0.39 is 30.0 Å². The molecule has 2 aromatic carbocycles. The summed E-state index contributed by atoms with van der Waals surface area (Å²) >= 11 is 0. The van der Waals surface area contributed by atoms with Gasteiger partial charge in [0.05, 0.1) is 13.2 Å². The van der Waals surface area contributed by atoms with Gasteiger partial charge in [0.1, 0.15) is 6.61 Å². The van der Waals surface area contributed by atoms with E-state index in [9.17, 15) is 19.2 Å². The molecule has 38 heavy (non-hydrogen) atoms. The first-order valence-electron chi connectivity index (χ1n) is 12.3. The molecular weight excluding hydrogens is 492 g/mol. The lowest BCUT2D eigenvalue weighted by Gasteiger charge is -2.35. The highest BCUT2D eigenvalue weighted by molar-refractivity contribution is 6.05. The van der Waals surface area contributed by atoms with Gasteiger partial charge in [-0.2, -0.15) is 0 Å². The molecule has 3 heterocycles. The second-order valence-electron chi connectivity index (χ2n) is 9.17. The van der Waals surface area contributed by atoms with Crippen LogP contribution in [0.25, 0.3) is 10.9 Å². The van der Waals surface area contributed by atoms with Crippen LogP contribution in [-0.4, -0.2) is 73.8 Å². The van der Waals surface area contributed by atoms with Crippen molar-refractivity contribution in [1.82, 2.24) is 4.98 Å². The van der Waals surface area contributed by atoms with Crippen LogP contribution in [0.4, 0.5) is 17.1 Å². The molecule has 198 valence electrons. The Kier molecular flexibility index (Phi) is 7.12. The molecule has 2 N–H and O–H groups in total. The van der Waals surface area contributed by atoms with Crippen molar-refractivity contribution in [1.29, 1.82) is 0 Å². The van der Waals surface area contributed by atoms with Crippen LogP contribution in [-0.2, 0) is 33.4 Å². The van der Waals surface area contributed by atoms with Gasteiger partial charge in [-0.3, -0.25) is 19.2 Å². The number of morpholine rings is 2. The second kappa shape index (κ2) is 10.6. The van der Waals surface area contributed by atoms with Crippen LogP contribution in [0.1, 0.15) is 12.6 Å². The van der Waals surface area contributed by atoms with E-state index >= 15 is 0 Å². The number of carbonyl (C=O) groups is 4. The maximum atomic E-state index is 13.6. The van der Waals surface area contributed by atoms with Gasteiger partial charge in [0.15, 0.2) is 6.10 Å². The van der Waals surface area contributed by atoms with Gasteiger partial charge in [-0.1, -0.05) is 6.07 Å². The zero-order chi connectivity index (χ0) is 26.8. The number of carbonyl (C=O) groups excluding carboxylic acids is 4. The van der Waals surface area contributed by atoms with Gasteiger partial charge in [-0.25, -0.2) is 0 Å². The highest BCUT2D eigenvalue weighted by Gasteiger charge is 2.42. The zero-order valence-corrected chi connectivity index (χ0v) is 21.1. The molecule has 2 atom stereocenters. The Balaban J connectivity index is 1.37. The number of anilines is 3. The fourth-order valence-electron chi connectivity index (χ4n) is 4.70. The Labute approximate surface area is 218 Å². The molecule has 2 saturated heterocycles. The number of amides is 3. The Morgan fingerprint density at radius 3 is 2.58 bits per heavy atom. The maximum absolute atomic E-state index is 13.6. The van der Waals surface area contributed by atoms with Crippen LogP contribution >= 0.6 is 0 Å². The number of nitrogens with zero attached hydrogens (tertiary/aromatic N) is 2. The second-order valence-corrected chi connectivity index (χ2v) is 9.17. The minimum Gasteiger partial charge on any atom is -0.449 e. The molecule has 5 rings (SSSR count). The van der Waals surface area contributed by atoms with Crippen molar-refractivity contribution in [3.8, 4) is 0 Å². The van der Waals surface area contributed by atoms with Crippen molar-refractivity contribution < 1.29 is 33.4 Å². The summed E-state index contributed by atoms with van der Waals surface area (Å²) in [6.07, 6.45) is -2.85. The van der Waals surface area contributed by atoms with E-state index in [1.165, 1.54) is 11.8 Å². The molecule has 1 aromatic heterocycles. The smallest absolute Gasteiger partial charge is 0.303 e. The molecule has 11 heteroatoms. The van der Waals surface area contributed by atoms with Crippen molar-refractivity contribution >= 4 is 51.7 Å². The number of nitrogens with one attached hydrogen (secondary N) is 2. The van der Waals surface area contributed by atoms with E-state index in [4.69, 9.17) is 14.2 Å². The summed E-state index contributed by atoms with van der Waals surface area (Å²) in [6.45, 7) is 4.28. The molecule has 2 aliphatic heterocycles. The lowest BCUT2D eigenvalue weighted by molar-refractivity contribution is -0.167. The summed E-state index contributed by atoms with van der Waals surface area (Å²) in [6, 6.07) is 14.3. The summed E-state index contributed by atoms with van der Waals surface area (Å²) in [5, 5.41) is 3.64. The predicted octanol–water partition coefficient (Wildman–Crippen LogP) is 2.14. The predicted molar refractivity (Wildman–Crippen MR) is 139 cm³/mol. The number of fused-ring (bicyclic) bond motifs is 1. The molecule has 2 unspecified atom stereocenters. The summed E-state index contributed by atoms with van der Waals surface area (Å²) in [7, 11) is 0. The molecule has 2 aliphatic rings. The van der Waals surface area contributed by atoms with E-state index in [0.29, 0.717) is 30.2 Å². The van der Waals surface area contributed by atoms with Gasteiger partial charge >= 0.3 is 5.97 Å². The number of aryl methyl sites for hydroxylation is 1. The molecule has 0 spiro atoms. The van der Waals surface area contributed by atoms with Crippen molar-refractivity contribution in [3.63, 3.8) is 0 Å². The van der Waals surface area contributed by atoms with Gasteiger partial charge in [0.2, 0.25) is 6.10 Å². The summed E-state index contributed by atoms with van der Waals surface area (Å²) in [5.74, 6) is -2.10. The lowest BCUT2D eigenvalue weighted by atomic mass is 10.1. The average molecular weight is 521 g/mol. The summed E-state index contributed by atoms with van der Waals surface area (Å²) < 4.78 is 16.2. The molecule has 3 amide bonds. The maximum Gasteiger partial charge on any atom is 0.303 e. The highest BCUT2D eigenvalue weighted by Crippen LogP contribution is 2.27. The molecule has 2 fully saturated rings. The number of H-pyrrole nitrogens is 1. The van der Waals surface area contributed by atoms with E-state index in [1.54, 1.807) is 41.3 Å². The van der Waals surface area contributed by atoms with Crippen LogP contribution in [0, 0.1) is 6.92 Å². The number of hydrogen-bond acceptors (Lipinski definition) is 7. The average Bonchev–Trinajstić information content (AvgIpc) is 3.27. The topological polar surface area (TPSA) is 130 Å². The number of rotatable bonds is 6. The zero-order valence-electron chi connectivity index (χ0n) is 21.1. The van der Waals surface area contributed by atoms with Crippen LogP contribution in [0.5, 0.6) is 0 Å². The molecule has 0 radical (unpaired) electrons. The third-order valence-corrected chi connectivity index (χ3v) is 6.41. The monoisotopic (exact) mass is 520 g/mol. The largest absolute Gasteiger partial charge is 0.449 e. The number of hydrogen-bond donors (Lipinski definition) is 2. The molecule has 3 aromatic rings. The Morgan fingerprint density at radius 1 is 1.05 bits per heavy atom. The van der Waals surface area contributed by atoms with Crippen LogP contribution < -0.4 is 15.1 Å². The van der Waals surface area contributed by atoms with E-state index in [1.807, 2.05) is 19.1 Å². The van der Waals surface area contributed by atoms with Crippen molar-refractivity contribution in [2.45, 2.75) is 26.1 Å². The number of ether oxygens (including phenoxy) is 3. The van der Waals surface area contributed by atoms with Gasteiger partial charge < -0.3 is 34.3 Å². The molecule has 0 bridgehead atoms. The Morgan fingerprint density at radius 2 is 1.82 bits per heavy atom. The minimum absolute atomic E-state index is 0.00140. The van der Waals surface area contributed by atoms with Crippen LogP contribution in [0.2, 0.25) is 0 Å². The fraction of sp³-hybridized carbons (Fsp3) is 0.333. The van der Waals surface area contributed by atoms with E-state index in [-0.39, 0.29) is 25.7 Å². The third kappa shape index (κ3) is 5.24. The molecule has 11 nitrogen and oxygen atoms in total. The standard InChI is InChI=1S/C27H28N4O7/c1-16-12-18-13-19(6-7-22(18)28-16)29-26(34)24(38-17(2)32)25-27(35)31(9-11-37-25)21-5-3-4-20(14-21)30-8-10-36-15-23(30)33/h3-7,12-14,24-25,28H,8-11,15H2,1-2H3,(H,29,34). The summed E-state index contributed by atoms with van der Waals surface area (Å²) in [4.78, 5) is 57.3. The minimum atomic E-state index is -1.50.